The van der Waals surface area contributed by atoms with E-state index >= 15 is 0 Å². The Labute approximate surface area is 97.8 Å². The molecule has 0 unspecified atom stereocenters. The van der Waals surface area contributed by atoms with Crippen molar-refractivity contribution in [3.8, 4) is 0 Å². The first-order valence-corrected chi connectivity index (χ1v) is 5.65. The van der Waals surface area contributed by atoms with Crippen molar-refractivity contribution in [2.45, 2.75) is 19.8 Å². The number of halogens is 1. The summed E-state index contributed by atoms with van der Waals surface area (Å²) in [6.07, 6.45) is 0. The van der Waals surface area contributed by atoms with Crippen molar-refractivity contribution in [2.24, 2.45) is 0 Å². The second kappa shape index (κ2) is 5.34. The molecule has 0 heterocycles. The van der Waals surface area contributed by atoms with Crippen LogP contribution in [0.25, 0.3) is 0 Å². The fourth-order valence-electron chi connectivity index (χ4n) is 1.15. The quantitative estimate of drug-likeness (QED) is 0.634. The molecule has 0 aliphatic heterocycles. The Bertz CT molecular complexity index is 306. The Hall–Kier alpha value is -0.580. The van der Waals surface area contributed by atoms with Crippen molar-refractivity contribution in [1.82, 2.24) is 0 Å². The predicted molar refractivity (Wildman–Crippen MR) is 64.2 cm³/mol. The molecular weight excluding hydrogens is 291 g/mol. The molecule has 76 valence electrons. The number of esters is 1. The molecule has 1 atom stereocenters. The van der Waals surface area contributed by atoms with E-state index in [4.69, 9.17) is 4.74 Å². The molecule has 0 spiro atoms. The summed E-state index contributed by atoms with van der Waals surface area (Å²) in [4.78, 5) is 11.4. The summed E-state index contributed by atoms with van der Waals surface area (Å²) in [5, 5.41) is 0. The van der Waals surface area contributed by atoms with Gasteiger partial charge in [0.1, 0.15) is 0 Å². The summed E-state index contributed by atoms with van der Waals surface area (Å²) in [7, 11) is 0. The summed E-state index contributed by atoms with van der Waals surface area (Å²) >= 11 is 2.24. The van der Waals surface area contributed by atoms with Gasteiger partial charge in [-0.2, -0.15) is 0 Å². The zero-order chi connectivity index (χ0) is 10.6. The van der Waals surface area contributed by atoms with Gasteiger partial charge in [0.25, 0.3) is 0 Å². The third kappa shape index (κ3) is 2.97. The number of ether oxygens (including phenoxy) is 1. The highest BCUT2D eigenvalue weighted by atomic mass is 127. The molecule has 1 aromatic carbocycles. The molecule has 1 aromatic rings. The smallest absolute Gasteiger partial charge is 0.313 e. The van der Waals surface area contributed by atoms with Crippen molar-refractivity contribution >= 4 is 28.6 Å². The minimum atomic E-state index is -0.174. The van der Waals surface area contributed by atoms with Crippen LogP contribution in [0.15, 0.2) is 24.3 Å². The van der Waals surface area contributed by atoms with Gasteiger partial charge in [-0.05, 0) is 54.1 Å². The Morgan fingerprint density at radius 2 is 2.00 bits per heavy atom. The van der Waals surface area contributed by atoms with Crippen molar-refractivity contribution in [3.63, 3.8) is 0 Å². The summed E-state index contributed by atoms with van der Waals surface area (Å²) in [6, 6.07) is 7.91. The van der Waals surface area contributed by atoms with Crippen LogP contribution in [0.2, 0.25) is 0 Å². The van der Waals surface area contributed by atoms with Crippen LogP contribution in [-0.4, -0.2) is 12.6 Å². The lowest BCUT2D eigenvalue weighted by Crippen LogP contribution is -2.12. The standard InChI is InChI=1S/C11H13IO2/c1-3-14-11(13)8(2)9-4-6-10(12)7-5-9/h4-8H,3H2,1-2H3/t8-/m0/s1. The van der Waals surface area contributed by atoms with Crippen molar-refractivity contribution in [3.05, 3.63) is 33.4 Å². The van der Waals surface area contributed by atoms with Crippen LogP contribution < -0.4 is 0 Å². The topological polar surface area (TPSA) is 26.3 Å². The molecule has 0 N–H and O–H groups in total. The van der Waals surface area contributed by atoms with Crippen LogP contribution in [0.4, 0.5) is 0 Å². The fourth-order valence-corrected chi connectivity index (χ4v) is 1.51. The summed E-state index contributed by atoms with van der Waals surface area (Å²) in [6.45, 7) is 4.12. The van der Waals surface area contributed by atoms with E-state index in [1.54, 1.807) is 0 Å². The maximum absolute atomic E-state index is 11.4. The highest BCUT2D eigenvalue weighted by Crippen LogP contribution is 2.17. The molecule has 0 saturated heterocycles. The number of carbonyl (C=O) groups excluding carboxylic acids is 1. The average Bonchev–Trinajstić information content (AvgIpc) is 2.18. The van der Waals surface area contributed by atoms with Gasteiger partial charge in [0, 0.05) is 3.57 Å². The molecule has 0 saturated carbocycles. The normalized spacial score (nSPS) is 12.2. The predicted octanol–water partition coefficient (Wildman–Crippen LogP) is 2.96. The van der Waals surface area contributed by atoms with E-state index in [1.807, 2.05) is 38.1 Å². The molecule has 3 heteroatoms. The molecular formula is C11H13IO2. The molecule has 0 amide bonds. The van der Waals surface area contributed by atoms with Gasteiger partial charge in [0.2, 0.25) is 0 Å². The van der Waals surface area contributed by atoms with E-state index in [9.17, 15) is 4.79 Å². The number of benzene rings is 1. The summed E-state index contributed by atoms with van der Waals surface area (Å²) in [5.41, 5.74) is 1.00. The van der Waals surface area contributed by atoms with Gasteiger partial charge in [0.05, 0.1) is 12.5 Å². The minimum absolute atomic E-state index is 0.159. The Kier molecular flexibility index (Phi) is 4.38. The van der Waals surface area contributed by atoms with Gasteiger partial charge in [-0.25, -0.2) is 0 Å². The Balaban J connectivity index is 2.73. The molecule has 2 nitrogen and oxygen atoms in total. The first kappa shape index (κ1) is 11.5. The molecule has 0 aliphatic carbocycles. The zero-order valence-electron chi connectivity index (χ0n) is 8.29. The molecule has 0 bridgehead atoms. The van der Waals surface area contributed by atoms with Gasteiger partial charge < -0.3 is 4.74 Å². The van der Waals surface area contributed by atoms with E-state index < -0.39 is 0 Å². The molecule has 1 rings (SSSR count). The van der Waals surface area contributed by atoms with E-state index in [0.29, 0.717) is 6.61 Å². The average molecular weight is 304 g/mol. The second-order valence-electron chi connectivity index (χ2n) is 3.03. The van der Waals surface area contributed by atoms with E-state index in [2.05, 4.69) is 22.6 Å². The first-order valence-electron chi connectivity index (χ1n) is 4.57. The highest BCUT2D eigenvalue weighted by molar-refractivity contribution is 14.1. The van der Waals surface area contributed by atoms with E-state index in [1.165, 1.54) is 3.57 Å². The summed E-state index contributed by atoms with van der Waals surface area (Å²) < 4.78 is 6.12. The van der Waals surface area contributed by atoms with Crippen LogP contribution in [0.1, 0.15) is 25.3 Å². The van der Waals surface area contributed by atoms with Crippen LogP contribution in [0.3, 0.4) is 0 Å². The molecule has 0 aliphatic rings. The van der Waals surface area contributed by atoms with Crippen molar-refractivity contribution in [1.29, 1.82) is 0 Å². The zero-order valence-corrected chi connectivity index (χ0v) is 10.4. The van der Waals surface area contributed by atoms with E-state index in [-0.39, 0.29) is 11.9 Å². The van der Waals surface area contributed by atoms with Crippen LogP contribution in [0, 0.1) is 3.57 Å². The maximum Gasteiger partial charge on any atom is 0.313 e. The highest BCUT2D eigenvalue weighted by Gasteiger charge is 2.15. The molecule has 0 aromatic heterocycles. The first-order chi connectivity index (χ1) is 6.65. The van der Waals surface area contributed by atoms with Gasteiger partial charge in [-0.1, -0.05) is 12.1 Å². The fraction of sp³-hybridized carbons (Fsp3) is 0.364. The largest absolute Gasteiger partial charge is 0.466 e. The maximum atomic E-state index is 11.4. The van der Waals surface area contributed by atoms with Crippen molar-refractivity contribution in [2.75, 3.05) is 6.61 Å². The Morgan fingerprint density at radius 1 is 1.43 bits per heavy atom. The van der Waals surface area contributed by atoms with Gasteiger partial charge >= 0.3 is 5.97 Å². The van der Waals surface area contributed by atoms with Gasteiger partial charge in [-0.15, -0.1) is 0 Å². The molecule has 14 heavy (non-hydrogen) atoms. The van der Waals surface area contributed by atoms with Gasteiger partial charge in [-0.3, -0.25) is 4.79 Å². The second-order valence-corrected chi connectivity index (χ2v) is 4.27. The molecule has 0 radical (unpaired) electrons. The monoisotopic (exact) mass is 304 g/mol. The minimum Gasteiger partial charge on any atom is -0.466 e. The van der Waals surface area contributed by atoms with Crippen LogP contribution in [0.5, 0.6) is 0 Å². The lowest BCUT2D eigenvalue weighted by Gasteiger charge is -2.10. The lowest BCUT2D eigenvalue weighted by atomic mass is 10.0. The lowest BCUT2D eigenvalue weighted by molar-refractivity contribution is -0.144. The number of hydrogen-bond acceptors (Lipinski definition) is 2. The molecule has 0 fully saturated rings. The van der Waals surface area contributed by atoms with Crippen LogP contribution >= 0.6 is 22.6 Å². The third-order valence-corrected chi connectivity index (χ3v) is 2.73. The SMILES string of the molecule is CCOC(=O)[C@@H](C)c1ccc(I)cc1. The van der Waals surface area contributed by atoms with Crippen LogP contribution in [-0.2, 0) is 9.53 Å². The third-order valence-electron chi connectivity index (χ3n) is 2.01. The van der Waals surface area contributed by atoms with Gasteiger partial charge in [0.15, 0.2) is 0 Å². The number of carbonyl (C=O) groups is 1. The number of hydrogen-bond donors (Lipinski definition) is 0. The van der Waals surface area contributed by atoms with E-state index in [0.717, 1.165) is 5.56 Å². The Morgan fingerprint density at radius 3 is 2.50 bits per heavy atom. The van der Waals surface area contributed by atoms with Crippen molar-refractivity contribution < 1.29 is 9.53 Å². The summed E-state index contributed by atoms with van der Waals surface area (Å²) in [5.74, 6) is -0.333. The number of rotatable bonds is 3.